The van der Waals surface area contributed by atoms with Crippen molar-refractivity contribution in [2.45, 2.75) is 4.34 Å². The fraction of sp³-hybridized carbons (Fsp3) is 0.273. The van der Waals surface area contributed by atoms with Crippen LogP contribution in [0.2, 0.25) is 0 Å². The zero-order chi connectivity index (χ0) is 11.9. The standard InChI is InChI=1S/C11H12N2O2S2/c1-14-9-2-4-10(5-3-9)15-6-7-16-11-13-12-8-17-11/h2-5,8H,6-7H2,1H3. The van der Waals surface area contributed by atoms with Crippen LogP contribution in [0.5, 0.6) is 11.5 Å². The molecule has 0 bridgehead atoms. The van der Waals surface area contributed by atoms with Crippen molar-refractivity contribution in [1.29, 1.82) is 0 Å². The highest BCUT2D eigenvalue weighted by Crippen LogP contribution is 2.20. The van der Waals surface area contributed by atoms with Crippen molar-refractivity contribution in [3.05, 3.63) is 29.8 Å². The van der Waals surface area contributed by atoms with Crippen LogP contribution in [0.15, 0.2) is 34.1 Å². The molecule has 90 valence electrons. The van der Waals surface area contributed by atoms with Crippen LogP contribution in [0.1, 0.15) is 0 Å². The normalized spacial score (nSPS) is 10.2. The molecule has 0 aliphatic rings. The molecule has 0 saturated heterocycles. The van der Waals surface area contributed by atoms with E-state index >= 15 is 0 Å². The minimum absolute atomic E-state index is 0.649. The maximum absolute atomic E-state index is 5.58. The Labute approximate surface area is 108 Å². The summed E-state index contributed by atoms with van der Waals surface area (Å²) < 4.78 is 11.6. The quantitative estimate of drug-likeness (QED) is 0.595. The van der Waals surface area contributed by atoms with E-state index in [1.54, 1.807) is 35.7 Å². The predicted octanol–water partition coefficient (Wildman–Crippen LogP) is 2.72. The van der Waals surface area contributed by atoms with E-state index in [2.05, 4.69) is 10.2 Å². The van der Waals surface area contributed by atoms with Crippen LogP contribution in [-0.2, 0) is 0 Å². The molecule has 2 aromatic rings. The highest BCUT2D eigenvalue weighted by atomic mass is 32.2. The second-order valence-corrected chi connectivity index (χ2v) is 5.25. The van der Waals surface area contributed by atoms with E-state index in [1.807, 2.05) is 24.3 Å². The average Bonchev–Trinajstić information content (AvgIpc) is 2.88. The first kappa shape index (κ1) is 12.2. The van der Waals surface area contributed by atoms with Crippen molar-refractivity contribution in [3.8, 4) is 11.5 Å². The van der Waals surface area contributed by atoms with Gasteiger partial charge in [-0.25, -0.2) is 0 Å². The molecule has 0 atom stereocenters. The molecule has 0 aliphatic heterocycles. The van der Waals surface area contributed by atoms with Gasteiger partial charge in [0.25, 0.3) is 0 Å². The van der Waals surface area contributed by atoms with Crippen LogP contribution >= 0.6 is 23.1 Å². The monoisotopic (exact) mass is 268 g/mol. The Morgan fingerprint density at radius 2 is 2.00 bits per heavy atom. The van der Waals surface area contributed by atoms with E-state index in [0.717, 1.165) is 21.6 Å². The number of nitrogens with zero attached hydrogens (tertiary/aromatic N) is 2. The molecule has 0 saturated carbocycles. The van der Waals surface area contributed by atoms with Gasteiger partial charge in [0.1, 0.15) is 17.0 Å². The van der Waals surface area contributed by atoms with E-state index in [1.165, 1.54) is 0 Å². The Kier molecular flexibility index (Phi) is 4.63. The fourth-order valence-electron chi connectivity index (χ4n) is 1.19. The van der Waals surface area contributed by atoms with Gasteiger partial charge >= 0.3 is 0 Å². The second kappa shape index (κ2) is 6.46. The van der Waals surface area contributed by atoms with Gasteiger partial charge in [-0.15, -0.1) is 10.2 Å². The van der Waals surface area contributed by atoms with E-state index in [9.17, 15) is 0 Å². The average molecular weight is 268 g/mol. The van der Waals surface area contributed by atoms with Crippen LogP contribution in [0.3, 0.4) is 0 Å². The Bertz CT molecular complexity index is 431. The van der Waals surface area contributed by atoms with Crippen molar-refractivity contribution in [3.63, 3.8) is 0 Å². The smallest absolute Gasteiger partial charge is 0.174 e. The van der Waals surface area contributed by atoms with Gasteiger partial charge in [0.05, 0.1) is 13.7 Å². The second-order valence-electron chi connectivity index (χ2n) is 3.08. The molecule has 0 unspecified atom stereocenters. The van der Waals surface area contributed by atoms with Crippen LogP contribution in [0.4, 0.5) is 0 Å². The third-order valence-electron chi connectivity index (χ3n) is 1.98. The molecule has 0 spiro atoms. The topological polar surface area (TPSA) is 44.2 Å². The van der Waals surface area contributed by atoms with Gasteiger partial charge in [-0.3, -0.25) is 0 Å². The van der Waals surface area contributed by atoms with Crippen molar-refractivity contribution in [2.75, 3.05) is 19.5 Å². The van der Waals surface area contributed by atoms with Gasteiger partial charge in [-0.1, -0.05) is 23.1 Å². The van der Waals surface area contributed by atoms with Crippen molar-refractivity contribution >= 4 is 23.1 Å². The molecule has 1 aromatic carbocycles. The van der Waals surface area contributed by atoms with Crippen molar-refractivity contribution < 1.29 is 9.47 Å². The summed E-state index contributed by atoms with van der Waals surface area (Å²) in [5.41, 5.74) is 1.73. The van der Waals surface area contributed by atoms with Crippen molar-refractivity contribution in [1.82, 2.24) is 10.2 Å². The summed E-state index contributed by atoms with van der Waals surface area (Å²) in [5.74, 6) is 2.55. The number of methoxy groups -OCH3 is 1. The number of hydrogen-bond donors (Lipinski definition) is 0. The maximum atomic E-state index is 5.58. The largest absolute Gasteiger partial charge is 0.497 e. The highest BCUT2D eigenvalue weighted by molar-refractivity contribution is 8.01. The molecule has 1 heterocycles. The lowest BCUT2D eigenvalue weighted by molar-refractivity contribution is 0.342. The Morgan fingerprint density at radius 3 is 2.65 bits per heavy atom. The first-order chi connectivity index (χ1) is 8.38. The summed E-state index contributed by atoms with van der Waals surface area (Å²) in [7, 11) is 1.65. The summed E-state index contributed by atoms with van der Waals surface area (Å²) in [5, 5.41) is 7.71. The molecule has 1 aromatic heterocycles. The summed E-state index contributed by atoms with van der Waals surface area (Å²) in [6.45, 7) is 0.649. The fourth-order valence-corrected chi connectivity index (χ4v) is 2.56. The molecule has 0 fully saturated rings. The number of thioether (sulfide) groups is 1. The van der Waals surface area contributed by atoms with E-state index < -0.39 is 0 Å². The van der Waals surface area contributed by atoms with Gasteiger partial charge < -0.3 is 9.47 Å². The molecule has 6 heteroatoms. The third-order valence-corrected chi connectivity index (χ3v) is 3.80. The number of ether oxygens (including phenoxy) is 2. The van der Waals surface area contributed by atoms with Crippen molar-refractivity contribution in [2.24, 2.45) is 0 Å². The predicted molar refractivity (Wildman–Crippen MR) is 69.1 cm³/mol. The highest BCUT2D eigenvalue weighted by Gasteiger charge is 1.98. The molecular formula is C11H12N2O2S2. The number of rotatable bonds is 6. The van der Waals surface area contributed by atoms with E-state index in [4.69, 9.17) is 9.47 Å². The molecule has 4 nitrogen and oxygen atoms in total. The van der Waals surface area contributed by atoms with Gasteiger partial charge in [0.2, 0.25) is 0 Å². The van der Waals surface area contributed by atoms with E-state index in [0.29, 0.717) is 6.61 Å². The van der Waals surface area contributed by atoms with Gasteiger partial charge in [0.15, 0.2) is 4.34 Å². The number of aromatic nitrogens is 2. The van der Waals surface area contributed by atoms with Gasteiger partial charge in [-0.2, -0.15) is 0 Å². The maximum Gasteiger partial charge on any atom is 0.174 e. The van der Waals surface area contributed by atoms with Gasteiger partial charge in [0, 0.05) is 5.75 Å². The van der Waals surface area contributed by atoms with E-state index in [-0.39, 0.29) is 0 Å². The minimum atomic E-state index is 0.649. The zero-order valence-electron chi connectivity index (χ0n) is 9.33. The molecule has 0 amide bonds. The molecule has 0 aliphatic carbocycles. The first-order valence-corrected chi connectivity index (χ1v) is 6.91. The third kappa shape index (κ3) is 3.90. The van der Waals surface area contributed by atoms with Gasteiger partial charge in [-0.05, 0) is 24.3 Å². The zero-order valence-corrected chi connectivity index (χ0v) is 11.0. The Hall–Kier alpha value is -1.27. The summed E-state index contributed by atoms with van der Waals surface area (Å²) >= 11 is 3.19. The first-order valence-electron chi connectivity index (χ1n) is 5.04. The Balaban J connectivity index is 1.70. The number of benzene rings is 1. The van der Waals surface area contributed by atoms with Crippen LogP contribution < -0.4 is 9.47 Å². The van der Waals surface area contributed by atoms with Crippen LogP contribution in [-0.4, -0.2) is 29.7 Å². The SMILES string of the molecule is COc1ccc(OCCSc2nncs2)cc1. The van der Waals surface area contributed by atoms with Crippen LogP contribution in [0.25, 0.3) is 0 Å². The molecule has 2 rings (SSSR count). The molecular weight excluding hydrogens is 256 g/mol. The number of hydrogen-bond acceptors (Lipinski definition) is 6. The summed E-state index contributed by atoms with van der Waals surface area (Å²) in [4.78, 5) is 0. The lowest BCUT2D eigenvalue weighted by Gasteiger charge is -2.05. The molecule has 0 N–H and O–H groups in total. The molecule has 0 radical (unpaired) electrons. The summed E-state index contributed by atoms with van der Waals surface area (Å²) in [6.07, 6.45) is 0. The minimum Gasteiger partial charge on any atom is -0.497 e. The van der Waals surface area contributed by atoms with Crippen LogP contribution in [0, 0.1) is 0 Å². The lowest BCUT2D eigenvalue weighted by Crippen LogP contribution is -1.99. The lowest BCUT2D eigenvalue weighted by atomic mass is 10.3. The summed E-state index contributed by atoms with van der Waals surface area (Å²) in [6, 6.07) is 7.56. The molecule has 17 heavy (non-hydrogen) atoms. The Morgan fingerprint density at radius 1 is 1.24 bits per heavy atom.